The predicted octanol–water partition coefficient (Wildman–Crippen LogP) is 17.6. The van der Waals surface area contributed by atoms with Crippen molar-refractivity contribution in [3.8, 4) is 0 Å². The van der Waals surface area contributed by atoms with Crippen LogP contribution in [0.25, 0.3) is 0 Å². The topological polar surface area (TPSA) is 89.8 Å². The Bertz CT molecular complexity index is 1040. The van der Waals surface area contributed by atoms with E-state index < -0.39 is 18.2 Å². The molecular formula is C59H111NO4. The molecule has 0 aliphatic rings. The van der Waals surface area contributed by atoms with E-state index in [1.807, 2.05) is 0 Å². The third-order valence-electron chi connectivity index (χ3n) is 13.1. The van der Waals surface area contributed by atoms with Gasteiger partial charge in [-0.1, -0.05) is 255 Å². The number of aliphatic hydroxyl groups is 3. The van der Waals surface area contributed by atoms with E-state index in [2.05, 4.69) is 67.8 Å². The SMILES string of the molecule is CCCCCCCCCC/C=C/CC/C=C/CCCC(O)C(O)C(CO)NC(=O)CCCCCCCCCCCCCCCCCCC/C=C\C/C=C\CCCCCCCCCCC. The van der Waals surface area contributed by atoms with Crippen LogP contribution in [0.3, 0.4) is 0 Å². The molecule has 0 fully saturated rings. The second kappa shape index (κ2) is 53.9. The van der Waals surface area contributed by atoms with E-state index >= 15 is 0 Å². The standard InChI is InChI=1S/C59H111NO4/c1-3-5-7-9-11-13-15-17-19-21-22-23-24-25-26-27-28-29-30-31-32-33-34-35-36-38-40-42-44-46-48-50-52-54-58(63)60-56(55-61)59(64)57(62)53-51-49-47-45-43-41-39-37-20-18-16-14-12-10-8-6-4-2/h22-23,25-26,37,39,45,47,56-57,59,61-62,64H,3-21,24,27-36,38,40-44,46,48-55H2,1-2H3,(H,60,63)/b23-22-,26-25-,39-37+,47-45+. The fraction of sp³-hybridized carbons (Fsp3) is 0.847. The molecule has 0 heterocycles. The molecule has 0 aromatic rings. The lowest BCUT2D eigenvalue weighted by Crippen LogP contribution is -2.50. The molecular weight excluding hydrogens is 787 g/mol. The molecule has 5 nitrogen and oxygen atoms in total. The minimum Gasteiger partial charge on any atom is -0.394 e. The van der Waals surface area contributed by atoms with Gasteiger partial charge in [0.25, 0.3) is 0 Å². The second-order valence-corrected chi connectivity index (χ2v) is 19.5. The van der Waals surface area contributed by atoms with Gasteiger partial charge in [-0.15, -0.1) is 0 Å². The van der Waals surface area contributed by atoms with Gasteiger partial charge in [-0.2, -0.15) is 0 Å². The van der Waals surface area contributed by atoms with Gasteiger partial charge < -0.3 is 20.6 Å². The number of carbonyl (C=O) groups excluding carboxylic acids is 1. The highest BCUT2D eigenvalue weighted by Gasteiger charge is 2.26. The van der Waals surface area contributed by atoms with Gasteiger partial charge >= 0.3 is 0 Å². The molecule has 64 heavy (non-hydrogen) atoms. The van der Waals surface area contributed by atoms with Crippen molar-refractivity contribution in [2.75, 3.05) is 6.61 Å². The van der Waals surface area contributed by atoms with Crippen molar-refractivity contribution in [3.63, 3.8) is 0 Å². The first-order valence-electron chi connectivity index (χ1n) is 28.4. The zero-order valence-electron chi connectivity index (χ0n) is 42.9. The van der Waals surface area contributed by atoms with Crippen molar-refractivity contribution in [2.45, 2.75) is 315 Å². The van der Waals surface area contributed by atoms with Gasteiger partial charge in [0, 0.05) is 6.42 Å². The van der Waals surface area contributed by atoms with Crippen LogP contribution >= 0.6 is 0 Å². The third-order valence-corrected chi connectivity index (χ3v) is 13.1. The van der Waals surface area contributed by atoms with E-state index in [-0.39, 0.29) is 12.5 Å². The first-order chi connectivity index (χ1) is 31.6. The van der Waals surface area contributed by atoms with E-state index in [9.17, 15) is 20.1 Å². The van der Waals surface area contributed by atoms with Crippen molar-refractivity contribution >= 4 is 5.91 Å². The molecule has 0 aliphatic heterocycles. The molecule has 3 atom stereocenters. The van der Waals surface area contributed by atoms with Gasteiger partial charge in [0.2, 0.25) is 5.91 Å². The summed E-state index contributed by atoms with van der Waals surface area (Å²) in [6, 6.07) is -0.833. The fourth-order valence-corrected chi connectivity index (χ4v) is 8.74. The van der Waals surface area contributed by atoms with Crippen molar-refractivity contribution in [1.82, 2.24) is 5.32 Å². The average Bonchev–Trinajstić information content (AvgIpc) is 3.30. The maximum absolute atomic E-state index is 12.5. The van der Waals surface area contributed by atoms with E-state index in [1.165, 1.54) is 218 Å². The highest BCUT2D eigenvalue weighted by Crippen LogP contribution is 2.17. The second-order valence-electron chi connectivity index (χ2n) is 19.5. The van der Waals surface area contributed by atoms with Crippen LogP contribution in [-0.2, 0) is 4.79 Å². The van der Waals surface area contributed by atoms with Crippen LogP contribution in [0.4, 0.5) is 0 Å². The summed E-state index contributed by atoms with van der Waals surface area (Å²) < 4.78 is 0. The van der Waals surface area contributed by atoms with Crippen molar-refractivity contribution < 1.29 is 20.1 Å². The Balaban J connectivity index is 3.54. The molecule has 0 rings (SSSR count). The Morgan fingerprint density at radius 2 is 0.688 bits per heavy atom. The molecule has 0 spiro atoms. The molecule has 4 N–H and O–H groups in total. The number of hydrogen-bond acceptors (Lipinski definition) is 4. The largest absolute Gasteiger partial charge is 0.394 e. The number of carbonyl (C=O) groups is 1. The van der Waals surface area contributed by atoms with Crippen LogP contribution in [0.15, 0.2) is 48.6 Å². The highest BCUT2D eigenvalue weighted by molar-refractivity contribution is 5.76. The normalized spacial score (nSPS) is 13.6. The summed E-state index contributed by atoms with van der Waals surface area (Å²) in [7, 11) is 0. The Hall–Kier alpha value is -1.69. The van der Waals surface area contributed by atoms with Crippen LogP contribution in [0.1, 0.15) is 296 Å². The average molecular weight is 899 g/mol. The zero-order valence-corrected chi connectivity index (χ0v) is 42.9. The molecule has 5 heteroatoms. The molecule has 1 amide bonds. The number of hydrogen-bond donors (Lipinski definition) is 4. The summed E-state index contributed by atoms with van der Waals surface area (Å²) in [6.07, 6.45) is 71.3. The quantitative estimate of drug-likeness (QED) is 0.0362. The number of allylic oxidation sites excluding steroid dienone is 8. The molecule has 0 bridgehead atoms. The summed E-state index contributed by atoms with van der Waals surface area (Å²) >= 11 is 0. The highest BCUT2D eigenvalue weighted by atomic mass is 16.3. The molecule has 376 valence electrons. The smallest absolute Gasteiger partial charge is 0.220 e. The van der Waals surface area contributed by atoms with Crippen LogP contribution in [0.2, 0.25) is 0 Å². The minimum absolute atomic E-state index is 0.156. The molecule has 3 unspecified atom stereocenters. The Morgan fingerprint density at radius 3 is 1.05 bits per heavy atom. The number of rotatable bonds is 52. The molecule has 0 radical (unpaired) electrons. The first kappa shape index (κ1) is 62.3. The van der Waals surface area contributed by atoms with Gasteiger partial charge in [-0.3, -0.25) is 4.79 Å². The molecule has 0 saturated heterocycles. The zero-order chi connectivity index (χ0) is 46.5. The van der Waals surface area contributed by atoms with Crippen LogP contribution in [0, 0.1) is 0 Å². The molecule has 0 aromatic carbocycles. The number of aliphatic hydroxyl groups excluding tert-OH is 3. The van der Waals surface area contributed by atoms with Crippen LogP contribution in [0.5, 0.6) is 0 Å². The molecule has 0 aromatic heterocycles. The van der Waals surface area contributed by atoms with E-state index in [4.69, 9.17) is 0 Å². The molecule has 0 saturated carbocycles. The number of nitrogens with one attached hydrogen (secondary N) is 1. The predicted molar refractivity (Wildman–Crippen MR) is 282 cm³/mol. The van der Waals surface area contributed by atoms with Crippen molar-refractivity contribution in [2.24, 2.45) is 0 Å². The van der Waals surface area contributed by atoms with E-state index in [0.29, 0.717) is 12.8 Å². The summed E-state index contributed by atoms with van der Waals surface area (Å²) in [5.74, 6) is -0.156. The maximum Gasteiger partial charge on any atom is 0.220 e. The minimum atomic E-state index is -1.17. The Labute approximate surface area is 399 Å². The first-order valence-corrected chi connectivity index (χ1v) is 28.4. The summed E-state index contributed by atoms with van der Waals surface area (Å²) in [5.41, 5.74) is 0. The number of amides is 1. The monoisotopic (exact) mass is 898 g/mol. The lowest BCUT2D eigenvalue weighted by atomic mass is 10.0. The summed E-state index contributed by atoms with van der Waals surface area (Å²) in [4.78, 5) is 12.5. The maximum atomic E-state index is 12.5. The number of unbranched alkanes of at least 4 members (excludes halogenated alkanes) is 36. The Morgan fingerprint density at radius 1 is 0.391 bits per heavy atom. The van der Waals surface area contributed by atoms with Gasteiger partial charge in [-0.25, -0.2) is 0 Å². The van der Waals surface area contributed by atoms with Crippen molar-refractivity contribution in [1.29, 1.82) is 0 Å². The van der Waals surface area contributed by atoms with Gasteiger partial charge in [0.1, 0.15) is 6.10 Å². The Kier molecular flexibility index (Phi) is 52.5. The fourth-order valence-electron chi connectivity index (χ4n) is 8.74. The summed E-state index contributed by atoms with van der Waals surface area (Å²) in [5, 5.41) is 33.7. The van der Waals surface area contributed by atoms with E-state index in [1.54, 1.807) is 0 Å². The van der Waals surface area contributed by atoms with Crippen molar-refractivity contribution in [3.05, 3.63) is 48.6 Å². The van der Waals surface area contributed by atoms with Gasteiger partial charge in [0.15, 0.2) is 0 Å². The van der Waals surface area contributed by atoms with E-state index in [0.717, 1.165) is 51.4 Å². The molecule has 0 aliphatic carbocycles. The lowest BCUT2D eigenvalue weighted by Gasteiger charge is -2.26. The third kappa shape index (κ3) is 48.2. The van der Waals surface area contributed by atoms with Gasteiger partial charge in [0.05, 0.1) is 18.8 Å². The van der Waals surface area contributed by atoms with Gasteiger partial charge in [-0.05, 0) is 83.5 Å². The van der Waals surface area contributed by atoms with Crippen LogP contribution in [-0.4, -0.2) is 46.1 Å². The van der Waals surface area contributed by atoms with Crippen LogP contribution < -0.4 is 5.32 Å². The summed E-state index contributed by atoms with van der Waals surface area (Å²) in [6.45, 7) is 4.18. The lowest BCUT2D eigenvalue weighted by molar-refractivity contribution is -0.124.